The van der Waals surface area contributed by atoms with Crippen LogP contribution in [0.4, 0.5) is 0 Å². The standard InChI is InChI=1S/C13H26NO2S2.HI/c1-14(2,3)9-10-16-13(15)7-5-4-6-12-8-11-17-18-12;/h12H,4-11H2,1-3H3;1H/q+1;/p-1. The maximum absolute atomic E-state index is 11.5. The number of carbonyl (C=O) groups excluding carboxylic acids is 1. The van der Waals surface area contributed by atoms with Gasteiger partial charge < -0.3 is 33.2 Å². The summed E-state index contributed by atoms with van der Waals surface area (Å²) in [7, 11) is 10.3. The minimum absolute atomic E-state index is 0. The molecule has 0 aliphatic carbocycles. The number of esters is 1. The summed E-state index contributed by atoms with van der Waals surface area (Å²) in [6.07, 6.45) is 5.31. The van der Waals surface area contributed by atoms with Crippen LogP contribution in [0.5, 0.6) is 0 Å². The van der Waals surface area contributed by atoms with Gasteiger partial charge in [0.05, 0.1) is 21.1 Å². The normalized spacial score (nSPS) is 19.0. The van der Waals surface area contributed by atoms with Crippen LogP contribution in [0.15, 0.2) is 0 Å². The second-order valence-corrected chi connectivity index (χ2v) is 8.60. The van der Waals surface area contributed by atoms with Crippen LogP contribution in [-0.2, 0) is 9.53 Å². The minimum Gasteiger partial charge on any atom is -1.00 e. The summed E-state index contributed by atoms with van der Waals surface area (Å²) in [4.78, 5) is 11.5. The van der Waals surface area contributed by atoms with Crippen LogP contribution >= 0.6 is 21.6 Å². The number of quaternary nitrogens is 1. The van der Waals surface area contributed by atoms with Gasteiger partial charge in [-0.3, -0.25) is 4.79 Å². The van der Waals surface area contributed by atoms with Crippen molar-refractivity contribution < 1.29 is 38.0 Å². The van der Waals surface area contributed by atoms with Crippen molar-refractivity contribution in [2.45, 2.75) is 37.4 Å². The van der Waals surface area contributed by atoms with Gasteiger partial charge >= 0.3 is 5.97 Å². The van der Waals surface area contributed by atoms with Gasteiger partial charge in [0.25, 0.3) is 0 Å². The summed E-state index contributed by atoms with van der Waals surface area (Å²) >= 11 is 0. The molecule has 1 heterocycles. The third kappa shape index (κ3) is 11.2. The van der Waals surface area contributed by atoms with E-state index in [4.69, 9.17) is 4.74 Å². The lowest BCUT2D eigenvalue weighted by Gasteiger charge is -2.23. The Morgan fingerprint density at radius 1 is 1.32 bits per heavy atom. The number of unbranched alkanes of at least 4 members (excludes halogenated alkanes) is 1. The van der Waals surface area contributed by atoms with Crippen molar-refractivity contribution >= 4 is 27.6 Å². The van der Waals surface area contributed by atoms with Gasteiger partial charge in [-0.2, -0.15) is 0 Å². The number of halogens is 1. The van der Waals surface area contributed by atoms with Crippen LogP contribution in [0.3, 0.4) is 0 Å². The van der Waals surface area contributed by atoms with Gasteiger partial charge in [0, 0.05) is 17.4 Å². The molecule has 1 unspecified atom stereocenters. The molecule has 0 bridgehead atoms. The molecule has 0 spiro atoms. The Balaban J connectivity index is 0.00000324. The fraction of sp³-hybridized carbons (Fsp3) is 0.923. The summed E-state index contributed by atoms with van der Waals surface area (Å²) in [6, 6.07) is 0. The summed E-state index contributed by atoms with van der Waals surface area (Å²) in [5, 5.41) is 0.823. The SMILES string of the molecule is C[N+](C)(C)CCOC(=O)CCCCC1CCSS1.[I-]. The predicted octanol–water partition coefficient (Wildman–Crippen LogP) is -0.0461. The van der Waals surface area contributed by atoms with E-state index in [9.17, 15) is 4.79 Å². The average molecular weight is 419 g/mol. The molecule has 0 amide bonds. The molecule has 0 radical (unpaired) electrons. The molecule has 1 aliphatic heterocycles. The zero-order valence-electron chi connectivity index (χ0n) is 12.2. The first-order chi connectivity index (χ1) is 8.47. The molecule has 0 saturated carbocycles. The van der Waals surface area contributed by atoms with E-state index in [1.165, 1.54) is 18.6 Å². The molecule has 0 aromatic carbocycles. The Bertz CT molecular complexity index is 254. The van der Waals surface area contributed by atoms with Crippen LogP contribution in [-0.4, -0.2) is 55.7 Å². The molecule has 0 aromatic heterocycles. The third-order valence-electron chi connectivity index (χ3n) is 2.91. The summed E-state index contributed by atoms with van der Waals surface area (Å²) in [6.45, 7) is 1.42. The molecule has 0 N–H and O–H groups in total. The third-order valence-corrected chi connectivity index (χ3v) is 5.92. The molecule has 6 heteroatoms. The molecular weight excluding hydrogens is 393 g/mol. The van der Waals surface area contributed by atoms with E-state index in [0.29, 0.717) is 13.0 Å². The zero-order chi connectivity index (χ0) is 13.4. The topological polar surface area (TPSA) is 26.3 Å². The second-order valence-electron chi connectivity index (χ2n) is 5.81. The zero-order valence-corrected chi connectivity index (χ0v) is 16.0. The molecule has 19 heavy (non-hydrogen) atoms. The molecular formula is C13H26INO2S2. The molecule has 1 rings (SSSR count). The first-order valence-corrected chi connectivity index (χ1v) is 9.10. The van der Waals surface area contributed by atoms with E-state index in [-0.39, 0.29) is 29.9 Å². The fourth-order valence-corrected chi connectivity index (χ4v) is 4.74. The Labute approximate surface area is 142 Å². The van der Waals surface area contributed by atoms with Crippen molar-refractivity contribution in [2.75, 3.05) is 40.0 Å². The van der Waals surface area contributed by atoms with Crippen molar-refractivity contribution in [3.05, 3.63) is 0 Å². The van der Waals surface area contributed by atoms with Gasteiger partial charge in [-0.05, 0) is 19.3 Å². The number of likely N-dealkylation sites (N-methyl/N-ethyl adjacent to an activating group) is 1. The van der Waals surface area contributed by atoms with Crippen molar-refractivity contribution in [2.24, 2.45) is 0 Å². The smallest absolute Gasteiger partial charge is 0.305 e. The molecule has 1 atom stereocenters. The summed E-state index contributed by atoms with van der Waals surface area (Å²) in [5.41, 5.74) is 0. The maximum atomic E-state index is 11.5. The molecule has 1 saturated heterocycles. The van der Waals surface area contributed by atoms with E-state index >= 15 is 0 Å². The number of rotatable bonds is 8. The van der Waals surface area contributed by atoms with E-state index in [0.717, 1.165) is 29.1 Å². The lowest BCUT2D eigenvalue weighted by atomic mass is 10.1. The van der Waals surface area contributed by atoms with Gasteiger partial charge in [0.1, 0.15) is 13.2 Å². The Hall–Kier alpha value is 0.860. The lowest BCUT2D eigenvalue weighted by Crippen LogP contribution is -3.00. The highest BCUT2D eigenvalue weighted by Gasteiger charge is 2.16. The predicted molar refractivity (Wildman–Crippen MR) is 80.8 cm³/mol. The Morgan fingerprint density at radius 3 is 2.63 bits per heavy atom. The molecule has 114 valence electrons. The lowest BCUT2D eigenvalue weighted by molar-refractivity contribution is -0.870. The number of hydrogen-bond donors (Lipinski definition) is 0. The van der Waals surface area contributed by atoms with Crippen LogP contribution in [0.2, 0.25) is 0 Å². The van der Waals surface area contributed by atoms with Crippen LogP contribution in [0.1, 0.15) is 32.1 Å². The monoisotopic (exact) mass is 419 g/mol. The van der Waals surface area contributed by atoms with Crippen LogP contribution < -0.4 is 24.0 Å². The van der Waals surface area contributed by atoms with Gasteiger partial charge in [-0.1, -0.05) is 28.0 Å². The summed E-state index contributed by atoms with van der Waals surface area (Å²) in [5.74, 6) is 1.26. The van der Waals surface area contributed by atoms with Gasteiger partial charge in [-0.25, -0.2) is 0 Å². The van der Waals surface area contributed by atoms with E-state index < -0.39 is 0 Å². The quantitative estimate of drug-likeness (QED) is 0.181. The van der Waals surface area contributed by atoms with Crippen molar-refractivity contribution in [1.82, 2.24) is 0 Å². The van der Waals surface area contributed by atoms with Crippen LogP contribution in [0, 0.1) is 0 Å². The number of nitrogens with zero attached hydrogens (tertiary/aromatic N) is 1. The molecule has 3 nitrogen and oxygen atoms in total. The number of hydrogen-bond acceptors (Lipinski definition) is 4. The molecule has 1 aliphatic rings. The number of carbonyl (C=O) groups is 1. The van der Waals surface area contributed by atoms with Gasteiger partial charge in [0.15, 0.2) is 0 Å². The van der Waals surface area contributed by atoms with Gasteiger partial charge in [-0.15, -0.1) is 0 Å². The largest absolute Gasteiger partial charge is 1.00 e. The summed E-state index contributed by atoms with van der Waals surface area (Å²) < 4.78 is 6.06. The fourth-order valence-electron chi connectivity index (χ4n) is 1.71. The van der Waals surface area contributed by atoms with Crippen LogP contribution in [0.25, 0.3) is 0 Å². The first kappa shape index (κ1) is 19.9. The van der Waals surface area contributed by atoms with Crippen molar-refractivity contribution in [3.63, 3.8) is 0 Å². The van der Waals surface area contributed by atoms with Crippen molar-refractivity contribution in [3.8, 4) is 0 Å². The molecule has 1 fully saturated rings. The van der Waals surface area contributed by atoms with Gasteiger partial charge in [0.2, 0.25) is 0 Å². The highest BCUT2D eigenvalue weighted by atomic mass is 127. The first-order valence-electron chi connectivity index (χ1n) is 6.72. The van der Waals surface area contributed by atoms with E-state index in [1.807, 2.05) is 21.6 Å². The minimum atomic E-state index is -0.0306. The average Bonchev–Trinajstić information content (AvgIpc) is 2.75. The maximum Gasteiger partial charge on any atom is 0.305 e. The van der Waals surface area contributed by atoms with E-state index in [2.05, 4.69) is 21.1 Å². The van der Waals surface area contributed by atoms with E-state index in [1.54, 1.807) is 0 Å². The Morgan fingerprint density at radius 2 is 2.05 bits per heavy atom. The van der Waals surface area contributed by atoms with Crippen molar-refractivity contribution in [1.29, 1.82) is 0 Å². The highest BCUT2D eigenvalue weighted by Crippen LogP contribution is 2.39. The Kier molecular flexibility index (Phi) is 11.0. The molecule has 0 aromatic rings. The number of ether oxygens (including phenoxy) is 1. The highest BCUT2D eigenvalue weighted by molar-refractivity contribution is 8.77. The second kappa shape index (κ2) is 10.6.